The van der Waals surface area contributed by atoms with Crippen LogP contribution >= 0.6 is 24.0 Å². The molecule has 1 aliphatic rings. The Balaban J connectivity index is 2.10. The topological polar surface area (TPSA) is 78.1 Å². The van der Waals surface area contributed by atoms with Gasteiger partial charge in [-0.3, -0.25) is 19.1 Å². The van der Waals surface area contributed by atoms with Crippen LogP contribution in [0.4, 0.5) is 5.82 Å². The fourth-order valence-electron chi connectivity index (χ4n) is 3.76. The van der Waals surface area contributed by atoms with Crippen molar-refractivity contribution in [2.24, 2.45) is 0 Å². The van der Waals surface area contributed by atoms with Crippen LogP contribution in [0.1, 0.15) is 48.9 Å². The monoisotopic (exact) mass is 480 g/mol. The van der Waals surface area contributed by atoms with Gasteiger partial charge in [0.1, 0.15) is 21.8 Å². The fraction of sp³-hybridized carbons (Fsp3) is 0.360. The van der Waals surface area contributed by atoms with Crippen LogP contribution in [-0.4, -0.2) is 32.8 Å². The molecule has 3 rings (SSSR count). The lowest BCUT2D eigenvalue weighted by Gasteiger charge is -2.20. The highest BCUT2D eigenvalue weighted by molar-refractivity contribution is 8.26. The maximum atomic E-state index is 13.2. The second kappa shape index (κ2) is 11.3. The first-order valence-electron chi connectivity index (χ1n) is 11.1. The molecule has 2 heterocycles. The fourth-order valence-corrected chi connectivity index (χ4v) is 5.12. The van der Waals surface area contributed by atoms with Crippen molar-refractivity contribution < 1.29 is 4.79 Å². The van der Waals surface area contributed by atoms with E-state index < -0.39 is 0 Å². The number of benzene rings is 1. The third-order valence-corrected chi connectivity index (χ3v) is 7.00. The van der Waals surface area contributed by atoms with Crippen LogP contribution in [0.2, 0.25) is 0 Å². The zero-order valence-corrected chi connectivity index (χ0v) is 20.8. The predicted octanol–water partition coefficient (Wildman–Crippen LogP) is 4.70. The summed E-state index contributed by atoms with van der Waals surface area (Å²) in [5.74, 6) is 0.495. The normalized spacial score (nSPS) is 14.7. The van der Waals surface area contributed by atoms with E-state index in [0.29, 0.717) is 45.8 Å². The Bertz CT molecular complexity index is 1180. The van der Waals surface area contributed by atoms with Crippen molar-refractivity contribution in [3.63, 3.8) is 0 Å². The van der Waals surface area contributed by atoms with Gasteiger partial charge < -0.3 is 5.32 Å². The number of unbranched alkanes of at least 4 members (excludes halogenated alkanes) is 1. The number of amides is 1. The van der Waals surface area contributed by atoms with E-state index in [4.69, 9.17) is 12.2 Å². The summed E-state index contributed by atoms with van der Waals surface area (Å²) in [5, 5.41) is 13.2. The number of carbonyl (C=O) groups excluding carboxylic acids is 1. The third-order valence-electron chi connectivity index (χ3n) is 5.62. The van der Waals surface area contributed by atoms with E-state index in [2.05, 4.69) is 30.4 Å². The van der Waals surface area contributed by atoms with Gasteiger partial charge in [-0.15, -0.1) is 0 Å². The van der Waals surface area contributed by atoms with Crippen LogP contribution in [-0.2, 0) is 17.8 Å². The summed E-state index contributed by atoms with van der Waals surface area (Å²) in [6, 6.07) is 12.2. The van der Waals surface area contributed by atoms with E-state index in [9.17, 15) is 14.9 Å². The number of pyridine rings is 1. The molecule has 1 aromatic heterocycles. The van der Waals surface area contributed by atoms with Crippen molar-refractivity contribution in [3.8, 4) is 6.07 Å². The molecule has 0 radical (unpaired) electrons. The summed E-state index contributed by atoms with van der Waals surface area (Å²) in [6.45, 7) is 7.31. The Hall–Kier alpha value is -2.89. The lowest BCUT2D eigenvalue weighted by molar-refractivity contribution is -0.121. The van der Waals surface area contributed by atoms with Gasteiger partial charge in [-0.2, -0.15) is 5.26 Å². The minimum absolute atomic E-state index is 0.108. The van der Waals surface area contributed by atoms with Crippen LogP contribution in [0.5, 0.6) is 0 Å². The van der Waals surface area contributed by atoms with Gasteiger partial charge in [0.25, 0.3) is 11.5 Å². The number of rotatable bonds is 9. The van der Waals surface area contributed by atoms with Crippen LogP contribution in [0.3, 0.4) is 0 Å². The van der Waals surface area contributed by atoms with Crippen LogP contribution in [0.25, 0.3) is 6.08 Å². The molecule has 1 aliphatic heterocycles. The minimum atomic E-state index is -0.302. The second-order valence-electron chi connectivity index (χ2n) is 7.77. The Morgan fingerprint density at radius 2 is 1.94 bits per heavy atom. The number of nitrogens with one attached hydrogen (secondary N) is 1. The summed E-state index contributed by atoms with van der Waals surface area (Å²) in [6.07, 6.45) is 4.27. The van der Waals surface area contributed by atoms with Gasteiger partial charge in [0.2, 0.25) is 0 Å². The molecule has 172 valence electrons. The predicted molar refractivity (Wildman–Crippen MR) is 139 cm³/mol. The zero-order valence-electron chi connectivity index (χ0n) is 19.2. The van der Waals surface area contributed by atoms with Gasteiger partial charge in [0, 0.05) is 25.2 Å². The Labute approximate surface area is 204 Å². The Kier molecular flexibility index (Phi) is 8.48. The molecule has 0 aliphatic carbocycles. The molecule has 1 amide bonds. The van der Waals surface area contributed by atoms with Crippen molar-refractivity contribution in [3.05, 3.63) is 67.8 Å². The van der Waals surface area contributed by atoms with E-state index in [1.807, 2.05) is 25.1 Å². The second-order valence-corrected chi connectivity index (χ2v) is 9.45. The highest BCUT2D eigenvalue weighted by atomic mass is 32.2. The average molecular weight is 481 g/mol. The number of likely N-dealkylation sites (N-methyl/N-ethyl adjacent to an activating group) is 1. The van der Waals surface area contributed by atoms with E-state index in [-0.39, 0.29) is 17.0 Å². The quantitative estimate of drug-likeness (QED) is 0.414. The molecule has 8 heteroatoms. The lowest BCUT2D eigenvalue weighted by Crippen LogP contribution is -2.29. The first-order valence-corrected chi connectivity index (χ1v) is 12.4. The van der Waals surface area contributed by atoms with Gasteiger partial charge in [0.05, 0.1) is 4.91 Å². The minimum Gasteiger partial charge on any atom is -0.371 e. The van der Waals surface area contributed by atoms with Gasteiger partial charge >= 0.3 is 0 Å². The van der Waals surface area contributed by atoms with Crippen molar-refractivity contribution in [1.29, 1.82) is 5.26 Å². The first-order chi connectivity index (χ1) is 15.9. The molecule has 1 aromatic carbocycles. The van der Waals surface area contributed by atoms with E-state index >= 15 is 0 Å². The maximum absolute atomic E-state index is 13.2. The molecule has 1 saturated heterocycles. The summed E-state index contributed by atoms with van der Waals surface area (Å²) in [4.78, 5) is 28.1. The summed E-state index contributed by atoms with van der Waals surface area (Å²) in [7, 11) is 0. The molecule has 0 saturated carbocycles. The smallest absolute Gasteiger partial charge is 0.270 e. The van der Waals surface area contributed by atoms with Gasteiger partial charge in [-0.25, -0.2) is 0 Å². The molecule has 0 spiro atoms. The highest BCUT2D eigenvalue weighted by Crippen LogP contribution is 2.34. The summed E-state index contributed by atoms with van der Waals surface area (Å²) >= 11 is 6.61. The first kappa shape index (κ1) is 24.7. The average Bonchev–Trinajstić information content (AvgIpc) is 3.08. The molecule has 33 heavy (non-hydrogen) atoms. The number of hydrogen-bond acceptors (Lipinski definition) is 6. The van der Waals surface area contributed by atoms with Crippen molar-refractivity contribution >= 4 is 46.1 Å². The molecular formula is C25H28N4O2S2. The largest absolute Gasteiger partial charge is 0.371 e. The molecule has 1 fully saturated rings. The Morgan fingerprint density at radius 3 is 2.55 bits per heavy atom. The van der Waals surface area contributed by atoms with Gasteiger partial charge in [-0.1, -0.05) is 67.7 Å². The number of anilines is 1. The molecule has 0 bridgehead atoms. The summed E-state index contributed by atoms with van der Waals surface area (Å²) < 4.78 is 2.16. The highest BCUT2D eigenvalue weighted by Gasteiger charge is 2.31. The van der Waals surface area contributed by atoms with E-state index in [1.54, 1.807) is 22.5 Å². The molecular weight excluding hydrogens is 452 g/mol. The van der Waals surface area contributed by atoms with Gasteiger partial charge in [-0.05, 0) is 43.9 Å². The maximum Gasteiger partial charge on any atom is 0.270 e. The third kappa shape index (κ3) is 5.37. The molecule has 6 nitrogen and oxygen atoms in total. The number of nitrogens with zero attached hydrogens (tertiary/aromatic N) is 3. The molecule has 0 atom stereocenters. The number of thiocarbonyl (C=S) groups is 1. The number of carbonyl (C=O) groups is 1. The number of thioether (sulfide) groups is 1. The SMILES string of the molecule is CCCCn1c(NCCc2ccccc2)c(/C=C2/SC(=S)N(CC)C2=O)c(C)c(C#N)c1=O. The zero-order chi connectivity index (χ0) is 24.0. The molecule has 0 unspecified atom stereocenters. The molecule has 1 N–H and O–H groups in total. The van der Waals surface area contributed by atoms with Gasteiger partial charge in [0.15, 0.2) is 0 Å². The van der Waals surface area contributed by atoms with Crippen LogP contribution in [0, 0.1) is 18.3 Å². The van der Waals surface area contributed by atoms with Crippen LogP contribution in [0.15, 0.2) is 40.0 Å². The van der Waals surface area contributed by atoms with E-state index in [0.717, 1.165) is 19.3 Å². The van der Waals surface area contributed by atoms with Crippen molar-refractivity contribution in [2.45, 2.75) is 46.6 Å². The summed E-state index contributed by atoms with van der Waals surface area (Å²) in [5.41, 5.74) is 2.25. The standard InChI is InChI=1S/C25H28N4O2S2/c1-4-6-14-29-22(27-13-12-18-10-8-7-9-11-18)19(17(3)20(16-26)23(29)30)15-21-24(31)28(5-2)25(32)33-21/h7-11,15,27H,4-6,12-14H2,1-3H3/b21-15+. The lowest BCUT2D eigenvalue weighted by atomic mass is 10.0. The van der Waals surface area contributed by atoms with Crippen molar-refractivity contribution in [2.75, 3.05) is 18.4 Å². The van der Waals surface area contributed by atoms with Crippen LogP contribution < -0.4 is 10.9 Å². The number of hydrogen-bond donors (Lipinski definition) is 1. The molecule has 2 aromatic rings. The Morgan fingerprint density at radius 1 is 1.21 bits per heavy atom. The van der Waals surface area contributed by atoms with Crippen molar-refractivity contribution in [1.82, 2.24) is 9.47 Å². The number of aromatic nitrogens is 1. The number of nitriles is 1. The van der Waals surface area contributed by atoms with E-state index in [1.165, 1.54) is 17.3 Å².